The Hall–Kier alpha value is -4.37. The molecule has 32 heavy (non-hydrogen) atoms. The van der Waals surface area contributed by atoms with Gasteiger partial charge in [0.15, 0.2) is 5.58 Å². The first-order valence-electron chi connectivity index (χ1n) is 10.7. The van der Waals surface area contributed by atoms with Crippen molar-refractivity contribution in [1.82, 2.24) is 9.55 Å². The van der Waals surface area contributed by atoms with Crippen molar-refractivity contribution in [3.63, 3.8) is 0 Å². The number of aromatic nitrogens is 2. The third-order valence-corrected chi connectivity index (χ3v) is 6.18. The van der Waals surface area contributed by atoms with Crippen LogP contribution in [0.15, 0.2) is 114 Å². The molecule has 0 bridgehead atoms. The Balaban J connectivity index is 1.73. The lowest BCUT2D eigenvalue weighted by Crippen LogP contribution is -1.99. The van der Waals surface area contributed by atoms with Gasteiger partial charge in [-0.2, -0.15) is 0 Å². The van der Waals surface area contributed by atoms with Crippen LogP contribution in [0.1, 0.15) is 0 Å². The molecule has 0 aliphatic carbocycles. The van der Waals surface area contributed by atoms with Crippen LogP contribution in [0.2, 0.25) is 0 Å². The number of hydrogen-bond donors (Lipinski definition) is 0. The molecule has 2 aromatic heterocycles. The van der Waals surface area contributed by atoms with E-state index in [0.717, 1.165) is 55.4 Å². The lowest BCUT2D eigenvalue weighted by Gasteiger charge is -2.13. The Morgan fingerprint density at radius 2 is 1.34 bits per heavy atom. The summed E-state index contributed by atoms with van der Waals surface area (Å²) in [6.07, 6.45) is 0. The highest BCUT2D eigenvalue weighted by Gasteiger charge is 2.21. The lowest BCUT2D eigenvalue weighted by atomic mass is 10.0. The van der Waals surface area contributed by atoms with E-state index in [1.54, 1.807) is 0 Å². The summed E-state index contributed by atoms with van der Waals surface area (Å²) in [7, 11) is 0. The predicted molar refractivity (Wildman–Crippen MR) is 131 cm³/mol. The Bertz CT molecular complexity index is 1770. The highest BCUT2D eigenvalue weighted by molar-refractivity contribution is 6.15. The standard InChI is InChI=1S/C29H18N2O/c1-2-10-19(11-3-1)29-30-24-15-7-8-16-25(24)31(29)27-21-13-5-4-12-20(21)18-23-22-14-6-9-17-26(22)32-28(23)27/h1-18H. The van der Waals surface area contributed by atoms with Gasteiger partial charge in [0.25, 0.3) is 0 Å². The Kier molecular flexibility index (Phi) is 3.55. The summed E-state index contributed by atoms with van der Waals surface area (Å²) in [5, 5.41) is 4.56. The molecule has 0 unspecified atom stereocenters. The van der Waals surface area contributed by atoms with Gasteiger partial charge < -0.3 is 4.42 Å². The second-order valence-electron chi connectivity index (χ2n) is 8.05. The molecule has 5 aromatic carbocycles. The number of furan rings is 1. The number of benzene rings is 5. The fourth-order valence-electron chi connectivity index (χ4n) is 4.76. The van der Waals surface area contributed by atoms with Crippen molar-refractivity contribution in [2.24, 2.45) is 0 Å². The number of rotatable bonds is 2. The van der Waals surface area contributed by atoms with E-state index in [4.69, 9.17) is 9.40 Å². The number of nitrogens with zero attached hydrogens (tertiary/aromatic N) is 2. The Labute approximate surface area is 184 Å². The van der Waals surface area contributed by atoms with Crippen molar-refractivity contribution >= 4 is 43.7 Å². The Morgan fingerprint density at radius 1 is 0.625 bits per heavy atom. The third-order valence-electron chi connectivity index (χ3n) is 6.18. The van der Waals surface area contributed by atoms with Gasteiger partial charge in [-0.3, -0.25) is 4.57 Å². The quantitative estimate of drug-likeness (QED) is 0.292. The van der Waals surface area contributed by atoms with Crippen LogP contribution in [-0.2, 0) is 0 Å². The van der Waals surface area contributed by atoms with Crippen LogP contribution in [0.5, 0.6) is 0 Å². The van der Waals surface area contributed by atoms with Crippen molar-refractivity contribution in [3.05, 3.63) is 109 Å². The molecule has 0 aliphatic heterocycles. The van der Waals surface area contributed by atoms with E-state index in [-0.39, 0.29) is 0 Å². The van der Waals surface area contributed by atoms with Crippen molar-refractivity contribution < 1.29 is 4.42 Å². The first-order chi connectivity index (χ1) is 15.9. The molecule has 2 heterocycles. The molecule has 0 saturated heterocycles. The monoisotopic (exact) mass is 410 g/mol. The van der Waals surface area contributed by atoms with Gasteiger partial charge in [0.05, 0.1) is 16.7 Å². The number of para-hydroxylation sites is 3. The number of hydrogen-bond acceptors (Lipinski definition) is 2. The van der Waals surface area contributed by atoms with E-state index in [1.807, 2.05) is 24.3 Å². The molecule has 7 rings (SSSR count). The molecule has 0 radical (unpaired) electrons. The third kappa shape index (κ3) is 2.39. The minimum absolute atomic E-state index is 0.880. The van der Waals surface area contributed by atoms with Crippen LogP contribution in [0.25, 0.3) is 60.8 Å². The van der Waals surface area contributed by atoms with E-state index in [1.165, 1.54) is 5.39 Å². The first-order valence-corrected chi connectivity index (χ1v) is 10.7. The molecular formula is C29H18N2O. The van der Waals surface area contributed by atoms with Gasteiger partial charge in [-0.15, -0.1) is 0 Å². The van der Waals surface area contributed by atoms with Gasteiger partial charge in [0.2, 0.25) is 0 Å². The fourth-order valence-corrected chi connectivity index (χ4v) is 4.76. The van der Waals surface area contributed by atoms with Gasteiger partial charge in [-0.1, -0.05) is 84.9 Å². The second kappa shape index (κ2) is 6.56. The van der Waals surface area contributed by atoms with Crippen LogP contribution in [0, 0.1) is 0 Å². The summed E-state index contributed by atoms with van der Waals surface area (Å²) in [4.78, 5) is 5.05. The molecule has 0 aliphatic rings. The Morgan fingerprint density at radius 3 is 2.25 bits per heavy atom. The van der Waals surface area contributed by atoms with Gasteiger partial charge >= 0.3 is 0 Å². The minimum atomic E-state index is 0.880. The molecular weight excluding hydrogens is 392 g/mol. The van der Waals surface area contributed by atoms with Crippen molar-refractivity contribution in [3.8, 4) is 17.1 Å². The molecule has 3 heteroatoms. The van der Waals surface area contributed by atoms with E-state index in [0.29, 0.717) is 0 Å². The number of fused-ring (bicyclic) bond motifs is 5. The maximum absolute atomic E-state index is 6.51. The zero-order valence-corrected chi connectivity index (χ0v) is 17.2. The molecule has 0 N–H and O–H groups in total. The zero-order chi connectivity index (χ0) is 21.1. The van der Waals surface area contributed by atoms with Crippen molar-refractivity contribution in [2.45, 2.75) is 0 Å². The van der Waals surface area contributed by atoms with Crippen LogP contribution >= 0.6 is 0 Å². The predicted octanol–water partition coefficient (Wildman–Crippen LogP) is 7.75. The maximum atomic E-state index is 6.51. The molecule has 0 fully saturated rings. The molecule has 150 valence electrons. The molecule has 0 amide bonds. The van der Waals surface area contributed by atoms with E-state index in [9.17, 15) is 0 Å². The summed E-state index contributed by atoms with van der Waals surface area (Å²) in [5.41, 5.74) is 5.89. The van der Waals surface area contributed by atoms with Gasteiger partial charge in [0, 0.05) is 21.7 Å². The summed E-state index contributed by atoms with van der Waals surface area (Å²) in [6, 6.07) is 37.7. The number of imidazole rings is 1. The average Bonchev–Trinajstić information content (AvgIpc) is 3.42. The topological polar surface area (TPSA) is 31.0 Å². The lowest BCUT2D eigenvalue weighted by molar-refractivity contribution is 0.666. The SMILES string of the molecule is c1ccc(-c2nc3ccccc3n2-c2c3ccccc3cc3c2oc2ccccc23)cc1. The smallest absolute Gasteiger partial charge is 0.160 e. The fraction of sp³-hybridized carbons (Fsp3) is 0. The van der Waals surface area contributed by atoms with E-state index >= 15 is 0 Å². The van der Waals surface area contributed by atoms with E-state index < -0.39 is 0 Å². The highest BCUT2D eigenvalue weighted by Crippen LogP contribution is 2.40. The van der Waals surface area contributed by atoms with Crippen LogP contribution in [-0.4, -0.2) is 9.55 Å². The van der Waals surface area contributed by atoms with Crippen molar-refractivity contribution in [1.29, 1.82) is 0 Å². The first kappa shape index (κ1) is 17.3. The second-order valence-corrected chi connectivity index (χ2v) is 8.05. The van der Waals surface area contributed by atoms with E-state index in [2.05, 4.69) is 89.5 Å². The van der Waals surface area contributed by atoms with Crippen LogP contribution in [0.3, 0.4) is 0 Å². The summed E-state index contributed by atoms with van der Waals surface area (Å²) >= 11 is 0. The molecule has 0 atom stereocenters. The largest absolute Gasteiger partial charge is 0.454 e. The molecule has 0 spiro atoms. The maximum Gasteiger partial charge on any atom is 0.160 e. The average molecular weight is 410 g/mol. The zero-order valence-electron chi connectivity index (χ0n) is 17.2. The van der Waals surface area contributed by atoms with Gasteiger partial charge in [0.1, 0.15) is 11.4 Å². The summed E-state index contributed by atoms with van der Waals surface area (Å²) in [5.74, 6) is 0.907. The van der Waals surface area contributed by atoms with Crippen LogP contribution < -0.4 is 0 Å². The van der Waals surface area contributed by atoms with Gasteiger partial charge in [-0.25, -0.2) is 4.98 Å². The normalized spacial score (nSPS) is 11.8. The molecule has 7 aromatic rings. The highest BCUT2D eigenvalue weighted by atomic mass is 16.3. The summed E-state index contributed by atoms with van der Waals surface area (Å²) < 4.78 is 8.77. The summed E-state index contributed by atoms with van der Waals surface area (Å²) in [6.45, 7) is 0. The van der Waals surface area contributed by atoms with Gasteiger partial charge in [-0.05, 0) is 29.7 Å². The van der Waals surface area contributed by atoms with Crippen molar-refractivity contribution in [2.75, 3.05) is 0 Å². The van der Waals surface area contributed by atoms with Crippen LogP contribution in [0.4, 0.5) is 0 Å². The minimum Gasteiger partial charge on any atom is -0.454 e. The molecule has 0 saturated carbocycles. The molecule has 3 nitrogen and oxygen atoms in total.